The molecular formula is C7H11N3. The Labute approximate surface area is 60.4 Å². The Morgan fingerprint density at radius 3 is 2.60 bits per heavy atom. The predicted molar refractivity (Wildman–Crippen MR) is 40.5 cm³/mol. The molecule has 0 saturated heterocycles. The first-order valence-corrected chi connectivity index (χ1v) is 3.54. The molecule has 0 atom stereocenters. The second-order valence-electron chi connectivity index (χ2n) is 2.69. The summed E-state index contributed by atoms with van der Waals surface area (Å²) in [7, 11) is 0. The van der Waals surface area contributed by atoms with Crippen LogP contribution >= 0.6 is 0 Å². The van der Waals surface area contributed by atoms with Gasteiger partial charge in [-0.25, -0.2) is 0 Å². The van der Waals surface area contributed by atoms with Crippen molar-refractivity contribution in [1.82, 2.24) is 0 Å². The smallest absolute Gasteiger partial charge is 0.0380 e. The molecule has 0 amide bonds. The van der Waals surface area contributed by atoms with Crippen LogP contribution < -0.4 is 0 Å². The van der Waals surface area contributed by atoms with Crippen molar-refractivity contribution < 1.29 is 0 Å². The molecular weight excluding hydrogens is 126 g/mol. The van der Waals surface area contributed by atoms with Gasteiger partial charge in [0.1, 0.15) is 0 Å². The van der Waals surface area contributed by atoms with Gasteiger partial charge >= 0.3 is 0 Å². The van der Waals surface area contributed by atoms with Crippen LogP contribution in [0.1, 0.15) is 25.7 Å². The zero-order valence-corrected chi connectivity index (χ0v) is 5.95. The quantitative estimate of drug-likeness (QED) is 0.231. The van der Waals surface area contributed by atoms with E-state index in [4.69, 9.17) is 5.53 Å². The van der Waals surface area contributed by atoms with E-state index in [1.165, 1.54) is 5.57 Å². The van der Waals surface area contributed by atoms with Gasteiger partial charge in [-0.15, -0.1) is 0 Å². The van der Waals surface area contributed by atoms with Gasteiger partial charge in [0.15, 0.2) is 0 Å². The van der Waals surface area contributed by atoms with Crippen molar-refractivity contribution in [3.63, 3.8) is 0 Å². The van der Waals surface area contributed by atoms with Crippen molar-refractivity contribution in [3.8, 4) is 0 Å². The maximum Gasteiger partial charge on any atom is 0.0380 e. The molecule has 0 spiro atoms. The zero-order valence-electron chi connectivity index (χ0n) is 5.95. The van der Waals surface area contributed by atoms with E-state index in [1.807, 2.05) is 0 Å². The van der Waals surface area contributed by atoms with Crippen molar-refractivity contribution >= 4 is 0 Å². The molecule has 3 heteroatoms. The number of hydrogen-bond acceptors (Lipinski definition) is 1. The number of rotatable bonds is 1. The fourth-order valence-electron chi connectivity index (χ4n) is 1.20. The molecule has 1 aliphatic carbocycles. The summed E-state index contributed by atoms with van der Waals surface area (Å²) in [5.41, 5.74) is 9.42. The highest BCUT2D eigenvalue weighted by Crippen LogP contribution is 2.23. The summed E-state index contributed by atoms with van der Waals surface area (Å²) < 4.78 is 0. The van der Waals surface area contributed by atoms with Crippen LogP contribution in [-0.4, -0.2) is 6.04 Å². The van der Waals surface area contributed by atoms with Gasteiger partial charge in [-0.3, -0.25) is 0 Å². The monoisotopic (exact) mass is 137 g/mol. The Kier molecular flexibility index (Phi) is 2.35. The van der Waals surface area contributed by atoms with E-state index in [9.17, 15) is 0 Å². The molecule has 10 heavy (non-hydrogen) atoms. The first kappa shape index (κ1) is 7.16. The summed E-state index contributed by atoms with van der Waals surface area (Å²) in [6.45, 7) is 3.87. The molecule has 54 valence electrons. The summed E-state index contributed by atoms with van der Waals surface area (Å²) in [5.74, 6) is 0. The van der Waals surface area contributed by atoms with Gasteiger partial charge in [0.2, 0.25) is 0 Å². The minimum Gasteiger partial charge on any atom is -0.0999 e. The van der Waals surface area contributed by atoms with E-state index in [1.54, 1.807) is 0 Å². The molecule has 0 heterocycles. The van der Waals surface area contributed by atoms with Crippen LogP contribution in [0.2, 0.25) is 0 Å². The minimum atomic E-state index is 0.232. The van der Waals surface area contributed by atoms with E-state index in [2.05, 4.69) is 16.6 Å². The third-order valence-electron chi connectivity index (χ3n) is 1.88. The van der Waals surface area contributed by atoms with Gasteiger partial charge in [0.05, 0.1) is 0 Å². The maximum atomic E-state index is 8.12. The summed E-state index contributed by atoms with van der Waals surface area (Å²) in [4.78, 5) is 2.78. The lowest BCUT2D eigenvalue weighted by Gasteiger charge is -2.18. The van der Waals surface area contributed by atoms with E-state index in [0.29, 0.717) is 0 Å². The Bertz CT molecular complexity index is 169. The summed E-state index contributed by atoms with van der Waals surface area (Å²) >= 11 is 0. The maximum absolute atomic E-state index is 8.12. The molecule has 0 aromatic heterocycles. The second-order valence-corrected chi connectivity index (χ2v) is 2.69. The van der Waals surface area contributed by atoms with Gasteiger partial charge in [-0.1, -0.05) is 17.3 Å². The molecule has 0 aromatic rings. The van der Waals surface area contributed by atoms with Crippen LogP contribution in [0.15, 0.2) is 17.3 Å². The number of allylic oxidation sites excluding steroid dienone is 1. The van der Waals surface area contributed by atoms with Crippen LogP contribution in [-0.2, 0) is 0 Å². The highest BCUT2D eigenvalue weighted by molar-refractivity contribution is 4.99. The molecule has 0 bridgehead atoms. The second kappa shape index (κ2) is 3.28. The summed E-state index contributed by atoms with van der Waals surface area (Å²) in [6.07, 6.45) is 4.04. The van der Waals surface area contributed by atoms with E-state index in [-0.39, 0.29) is 6.04 Å². The number of hydrogen-bond donors (Lipinski definition) is 0. The molecule has 1 saturated carbocycles. The fourth-order valence-corrected chi connectivity index (χ4v) is 1.20. The summed E-state index contributed by atoms with van der Waals surface area (Å²) in [5, 5.41) is 3.66. The van der Waals surface area contributed by atoms with Crippen molar-refractivity contribution in [2.24, 2.45) is 5.11 Å². The molecule has 0 aliphatic heterocycles. The van der Waals surface area contributed by atoms with Crippen LogP contribution in [0.3, 0.4) is 0 Å². The van der Waals surface area contributed by atoms with Crippen molar-refractivity contribution in [3.05, 3.63) is 22.6 Å². The lowest BCUT2D eigenvalue weighted by Crippen LogP contribution is -2.09. The van der Waals surface area contributed by atoms with Gasteiger partial charge < -0.3 is 0 Å². The Balaban J connectivity index is 2.39. The minimum absolute atomic E-state index is 0.232. The SMILES string of the molecule is C=C1CCC(N=[N+]=[N-])CC1. The molecule has 1 fully saturated rings. The molecule has 1 rings (SSSR count). The average molecular weight is 137 g/mol. The molecule has 0 aromatic carbocycles. The van der Waals surface area contributed by atoms with Gasteiger partial charge in [0, 0.05) is 11.0 Å². The number of azide groups is 1. The predicted octanol–water partition coefficient (Wildman–Crippen LogP) is 2.80. The first-order valence-electron chi connectivity index (χ1n) is 3.54. The van der Waals surface area contributed by atoms with Crippen LogP contribution in [0.5, 0.6) is 0 Å². The first-order chi connectivity index (χ1) is 4.83. The fraction of sp³-hybridized carbons (Fsp3) is 0.714. The number of nitrogens with zero attached hydrogens (tertiary/aromatic N) is 3. The van der Waals surface area contributed by atoms with E-state index >= 15 is 0 Å². The third kappa shape index (κ3) is 1.78. The third-order valence-corrected chi connectivity index (χ3v) is 1.88. The lowest BCUT2D eigenvalue weighted by molar-refractivity contribution is 0.511. The van der Waals surface area contributed by atoms with Crippen molar-refractivity contribution in [1.29, 1.82) is 0 Å². The Morgan fingerprint density at radius 1 is 1.50 bits per heavy atom. The van der Waals surface area contributed by atoms with Crippen molar-refractivity contribution in [2.45, 2.75) is 31.7 Å². The zero-order chi connectivity index (χ0) is 7.40. The van der Waals surface area contributed by atoms with Gasteiger partial charge in [0.25, 0.3) is 0 Å². The van der Waals surface area contributed by atoms with E-state index < -0.39 is 0 Å². The van der Waals surface area contributed by atoms with Crippen LogP contribution in [0.25, 0.3) is 10.4 Å². The normalized spacial score (nSPS) is 20.2. The largest absolute Gasteiger partial charge is 0.0999 e. The molecule has 0 radical (unpaired) electrons. The standard InChI is InChI=1S/C7H11N3/c1-6-2-4-7(5-3-6)9-10-8/h7H,1-5H2. The topological polar surface area (TPSA) is 48.8 Å². The van der Waals surface area contributed by atoms with Crippen LogP contribution in [0, 0.1) is 0 Å². The van der Waals surface area contributed by atoms with Crippen LogP contribution in [0.4, 0.5) is 0 Å². The van der Waals surface area contributed by atoms with E-state index in [0.717, 1.165) is 25.7 Å². The Hall–Kier alpha value is -0.950. The van der Waals surface area contributed by atoms with Crippen molar-refractivity contribution in [2.75, 3.05) is 0 Å². The highest BCUT2D eigenvalue weighted by atomic mass is 15.1. The molecule has 1 aliphatic rings. The molecule has 3 nitrogen and oxygen atoms in total. The van der Waals surface area contributed by atoms with Gasteiger partial charge in [-0.05, 0) is 31.2 Å². The average Bonchev–Trinajstić information content (AvgIpc) is 1.95. The van der Waals surface area contributed by atoms with Gasteiger partial charge in [-0.2, -0.15) is 0 Å². The summed E-state index contributed by atoms with van der Waals surface area (Å²) in [6, 6.07) is 0.232. The lowest BCUT2D eigenvalue weighted by atomic mass is 9.93. The molecule has 0 N–H and O–H groups in total. The Morgan fingerprint density at radius 2 is 2.10 bits per heavy atom. The molecule has 0 unspecified atom stereocenters. The highest BCUT2D eigenvalue weighted by Gasteiger charge is 2.12.